The Hall–Kier alpha value is -1.72. The number of ether oxygens (including phenoxy) is 1. The topological polar surface area (TPSA) is 53.1 Å². The Morgan fingerprint density at radius 3 is 2.70 bits per heavy atom. The van der Waals surface area contributed by atoms with Gasteiger partial charge in [0.05, 0.1) is 12.6 Å². The third kappa shape index (κ3) is 3.43. The molecule has 2 atom stereocenters. The monoisotopic (exact) mass is 375 g/mol. The van der Waals surface area contributed by atoms with Crippen molar-refractivity contribution < 1.29 is 14.3 Å². The molecule has 0 radical (unpaired) electrons. The number of carbonyl (C=O) groups is 2. The van der Waals surface area contributed by atoms with Crippen molar-refractivity contribution in [1.29, 1.82) is 0 Å². The summed E-state index contributed by atoms with van der Waals surface area (Å²) in [6, 6.07) is 0.486. The van der Waals surface area contributed by atoms with Crippen molar-refractivity contribution in [2.45, 2.75) is 70.9 Å². The van der Waals surface area contributed by atoms with Gasteiger partial charge in [-0.25, -0.2) is 4.79 Å². The van der Waals surface area contributed by atoms with Crippen LogP contribution in [0.25, 0.3) is 0 Å². The fourth-order valence-corrected chi connectivity index (χ4v) is 5.58. The quantitative estimate of drug-likeness (QED) is 0.758. The molecule has 0 aromatic carbocycles. The molecule has 6 nitrogen and oxygen atoms in total. The lowest BCUT2D eigenvalue weighted by molar-refractivity contribution is -0.127. The highest BCUT2D eigenvalue weighted by atomic mass is 16.6. The number of carbonyl (C=O) groups excluding carboxylic acids is 2. The Labute approximate surface area is 162 Å². The third-order valence-corrected chi connectivity index (χ3v) is 6.98. The van der Waals surface area contributed by atoms with Crippen LogP contribution < -0.4 is 0 Å². The molecule has 150 valence electrons. The number of fused-ring (bicyclic) bond motifs is 2. The van der Waals surface area contributed by atoms with Crippen LogP contribution >= 0.6 is 0 Å². The largest absolute Gasteiger partial charge is 0.450 e. The maximum absolute atomic E-state index is 12.3. The molecule has 3 fully saturated rings. The molecule has 6 heteroatoms. The Balaban J connectivity index is 1.38. The number of likely N-dealkylation sites (tertiary alicyclic amines) is 2. The molecule has 1 unspecified atom stereocenters. The van der Waals surface area contributed by atoms with Gasteiger partial charge in [-0.1, -0.05) is 6.92 Å². The van der Waals surface area contributed by atoms with Crippen LogP contribution in [0.15, 0.2) is 11.8 Å². The van der Waals surface area contributed by atoms with E-state index < -0.39 is 0 Å². The van der Waals surface area contributed by atoms with E-state index in [0.717, 1.165) is 71.1 Å². The first kappa shape index (κ1) is 18.6. The zero-order valence-corrected chi connectivity index (χ0v) is 16.8. The van der Waals surface area contributed by atoms with E-state index in [1.807, 2.05) is 11.8 Å². The molecule has 0 aliphatic carbocycles. The lowest BCUT2D eigenvalue weighted by Gasteiger charge is -2.43. The molecule has 4 heterocycles. The van der Waals surface area contributed by atoms with E-state index >= 15 is 0 Å². The normalized spacial score (nSPS) is 29.5. The first-order chi connectivity index (χ1) is 13.0. The fourth-order valence-electron chi connectivity index (χ4n) is 5.58. The third-order valence-electron chi connectivity index (χ3n) is 6.98. The number of hydrogen-bond donors (Lipinski definition) is 0. The van der Waals surface area contributed by atoms with Crippen LogP contribution in [-0.4, -0.2) is 71.6 Å². The molecule has 0 aromatic rings. The minimum atomic E-state index is -0.154. The van der Waals surface area contributed by atoms with Crippen LogP contribution in [0.2, 0.25) is 0 Å². The molecule has 2 bridgehead atoms. The zero-order valence-electron chi connectivity index (χ0n) is 16.8. The molecule has 1 spiro atoms. The lowest BCUT2D eigenvalue weighted by Crippen LogP contribution is -2.47. The Kier molecular flexibility index (Phi) is 5.08. The Morgan fingerprint density at radius 2 is 2.04 bits per heavy atom. The highest BCUT2D eigenvalue weighted by Gasteiger charge is 2.46. The van der Waals surface area contributed by atoms with Crippen molar-refractivity contribution in [3.63, 3.8) is 0 Å². The average Bonchev–Trinajstić information content (AvgIpc) is 3.09. The number of piperidine rings is 1. The molecule has 0 N–H and O–H groups in total. The van der Waals surface area contributed by atoms with Gasteiger partial charge in [0, 0.05) is 56.2 Å². The van der Waals surface area contributed by atoms with Gasteiger partial charge in [-0.15, -0.1) is 0 Å². The molecule has 4 aliphatic heterocycles. The minimum absolute atomic E-state index is 0.154. The maximum atomic E-state index is 12.3. The Bertz CT molecular complexity index is 624. The second kappa shape index (κ2) is 7.36. The van der Waals surface area contributed by atoms with E-state index in [0.29, 0.717) is 12.5 Å². The van der Waals surface area contributed by atoms with Gasteiger partial charge in [-0.3, -0.25) is 9.69 Å². The second-order valence-electron chi connectivity index (χ2n) is 8.75. The van der Waals surface area contributed by atoms with Gasteiger partial charge in [0.1, 0.15) is 0 Å². The SMILES string of the molecule is CCCN1CC2(CCN(C3=C[C@H]4CCC(C3)N4C(=O)OCC)CC2)CC1=O. The van der Waals surface area contributed by atoms with Crippen molar-refractivity contribution in [2.75, 3.05) is 32.8 Å². The van der Waals surface area contributed by atoms with E-state index in [2.05, 4.69) is 22.8 Å². The molecule has 4 rings (SSSR count). The van der Waals surface area contributed by atoms with Crippen molar-refractivity contribution in [3.8, 4) is 0 Å². The molecule has 2 amide bonds. The van der Waals surface area contributed by atoms with Crippen LogP contribution in [0, 0.1) is 5.41 Å². The summed E-state index contributed by atoms with van der Waals surface area (Å²) in [6.07, 6.45) is 9.21. The summed E-state index contributed by atoms with van der Waals surface area (Å²) >= 11 is 0. The van der Waals surface area contributed by atoms with E-state index in [1.54, 1.807) is 0 Å². The number of rotatable bonds is 4. The van der Waals surface area contributed by atoms with Gasteiger partial charge in [0.25, 0.3) is 0 Å². The molecule has 0 aromatic heterocycles. The standard InChI is InChI=1S/C21H33N3O3/c1-3-9-23-15-21(14-19(23)25)7-10-22(11-8-21)18-12-16-5-6-17(13-18)24(16)20(26)27-4-2/h12,16-17H,3-11,13-15H2,1-2H3/t16-,17?/m1/s1. The van der Waals surface area contributed by atoms with Crippen LogP contribution in [0.5, 0.6) is 0 Å². The number of nitrogens with zero attached hydrogens (tertiary/aromatic N) is 3. The number of amides is 2. The number of hydrogen-bond acceptors (Lipinski definition) is 4. The van der Waals surface area contributed by atoms with E-state index in [9.17, 15) is 9.59 Å². The first-order valence-electron chi connectivity index (χ1n) is 10.7. The van der Waals surface area contributed by atoms with Crippen LogP contribution in [0.1, 0.15) is 58.8 Å². The van der Waals surface area contributed by atoms with Crippen molar-refractivity contribution in [1.82, 2.24) is 14.7 Å². The molecule has 3 saturated heterocycles. The van der Waals surface area contributed by atoms with E-state index in [1.165, 1.54) is 5.70 Å². The first-order valence-corrected chi connectivity index (χ1v) is 10.7. The van der Waals surface area contributed by atoms with Gasteiger partial charge in [-0.05, 0) is 45.1 Å². The predicted octanol–water partition coefficient (Wildman–Crippen LogP) is 2.99. The van der Waals surface area contributed by atoms with Crippen LogP contribution in [-0.2, 0) is 9.53 Å². The van der Waals surface area contributed by atoms with E-state index in [-0.39, 0.29) is 23.6 Å². The van der Waals surface area contributed by atoms with E-state index in [4.69, 9.17) is 4.74 Å². The van der Waals surface area contributed by atoms with Gasteiger partial charge >= 0.3 is 6.09 Å². The Morgan fingerprint density at radius 1 is 1.26 bits per heavy atom. The van der Waals surface area contributed by atoms with Crippen LogP contribution in [0.3, 0.4) is 0 Å². The van der Waals surface area contributed by atoms with Gasteiger partial charge in [0.2, 0.25) is 5.91 Å². The van der Waals surface area contributed by atoms with Gasteiger partial charge < -0.3 is 14.5 Å². The molecule has 0 saturated carbocycles. The smallest absolute Gasteiger partial charge is 0.410 e. The predicted molar refractivity (Wildman–Crippen MR) is 103 cm³/mol. The second-order valence-corrected chi connectivity index (χ2v) is 8.75. The van der Waals surface area contributed by atoms with Crippen molar-refractivity contribution in [3.05, 3.63) is 11.8 Å². The lowest BCUT2D eigenvalue weighted by atomic mass is 9.77. The van der Waals surface area contributed by atoms with Crippen molar-refractivity contribution >= 4 is 12.0 Å². The summed E-state index contributed by atoms with van der Waals surface area (Å²) < 4.78 is 5.25. The highest BCUT2D eigenvalue weighted by molar-refractivity contribution is 5.79. The molecular formula is C21H33N3O3. The summed E-state index contributed by atoms with van der Waals surface area (Å²) in [4.78, 5) is 31.1. The average molecular weight is 376 g/mol. The molecule has 4 aliphatic rings. The van der Waals surface area contributed by atoms with Crippen molar-refractivity contribution in [2.24, 2.45) is 5.41 Å². The van der Waals surface area contributed by atoms with Gasteiger partial charge in [-0.2, -0.15) is 0 Å². The summed E-state index contributed by atoms with van der Waals surface area (Å²) in [6.45, 7) is 8.38. The zero-order chi connectivity index (χ0) is 19.0. The minimum Gasteiger partial charge on any atom is -0.450 e. The summed E-state index contributed by atoms with van der Waals surface area (Å²) in [5.74, 6) is 0.352. The summed E-state index contributed by atoms with van der Waals surface area (Å²) in [7, 11) is 0. The molecule has 27 heavy (non-hydrogen) atoms. The summed E-state index contributed by atoms with van der Waals surface area (Å²) in [5, 5.41) is 0. The fraction of sp³-hybridized carbons (Fsp3) is 0.810. The van der Waals surface area contributed by atoms with Crippen LogP contribution in [0.4, 0.5) is 4.79 Å². The highest BCUT2D eigenvalue weighted by Crippen LogP contribution is 2.43. The van der Waals surface area contributed by atoms with Gasteiger partial charge in [0.15, 0.2) is 0 Å². The maximum Gasteiger partial charge on any atom is 0.410 e. The summed E-state index contributed by atoms with van der Waals surface area (Å²) in [5.41, 5.74) is 1.61. The molecular weight excluding hydrogens is 342 g/mol.